The van der Waals surface area contributed by atoms with Crippen LogP contribution in [0.4, 0.5) is 0 Å². The second kappa shape index (κ2) is 6.49. The Morgan fingerprint density at radius 1 is 1.42 bits per heavy atom. The van der Waals surface area contributed by atoms with Gasteiger partial charge in [-0.1, -0.05) is 20.3 Å². The van der Waals surface area contributed by atoms with Gasteiger partial charge < -0.3 is 9.67 Å². The average Bonchev–Trinajstić information content (AvgIpc) is 2.85. The Kier molecular flexibility index (Phi) is 5.51. The molecule has 6 nitrogen and oxygen atoms in total. The first-order valence-corrected chi connectivity index (χ1v) is 7.97. The monoisotopic (exact) mass is 289 g/mol. The van der Waals surface area contributed by atoms with Crippen LogP contribution in [0.5, 0.6) is 0 Å². The van der Waals surface area contributed by atoms with Crippen LogP contribution in [0.25, 0.3) is 0 Å². The zero-order chi connectivity index (χ0) is 14.6. The van der Waals surface area contributed by atoms with E-state index in [0.717, 1.165) is 6.42 Å². The highest BCUT2D eigenvalue weighted by Crippen LogP contribution is 2.11. The number of aliphatic hydroxyl groups excluding tert-OH is 1. The van der Waals surface area contributed by atoms with Gasteiger partial charge in [-0.05, 0) is 19.8 Å². The molecular weight excluding hydrogens is 266 g/mol. The van der Waals surface area contributed by atoms with Gasteiger partial charge in [0, 0.05) is 18.8 Å². The Hall–Kier alpha value is -0.920. The van der Waals surface area contributed by atoms with Crippen molar-refractivity contribution in [2.75, 3.05) is 6.54 Å². The molecule has 2 atom stereocenters. The summed E-state index contributed by atoms with van der Waals surface area (Å²) >= 11 is 0. The van der Waals surface area contributed by atoms with E-state index in [0.29, 0.717) is 0 Å². The van der Waals surface area contributed by atoms with Crippen molar-refractivity contribution < 1.29 is 13.5 Å². The standard InChI is InChI=1S/C12H23N3O3S/c1-5-10(4)11(16)6-14-19(17,18)12-7-15(8-13-12)9(2)3/h7-11,14,16H,5-6H2,1-4H3. The van der Waals surface area contributed by atoms with Crippen LogP contribution in [0.1, 0.15) is 40.2 Å². The second-order valence-corrected chi connectivity index (χ2v) is 6.77. The molecule has 1 aromatic rings. The number of rotatable bonds is 7. The number of hydrogen-bond donors (Lipinski definition) is 2. The first-order chi connectivity index (χ1) is 8.77. The van der Waals surface area contributed by atoms with Crippen LogP contribution in [0.2, 0.25) is 0 Å². The molecule has 110 valence electrons. The summed E-state index contributed by atoms with van der Waals surface area (Å²) < 4.78 is 28.1. The number of aliphatic hydroxyl groups is 1. The number of imidazole rings is 1. The van der Waals surface area contributed by atoms with Gasteiger partial charge in [-0.15, -0.1) is 0 Å². The fourth-order valence-corrected chi connectivity index (χ4v) is 2.47. The minimum atomic E-state index is -3.65. The Labute approximate surface area is 114 Å². The van der Waals surface area contributed by atoms with E-state index >= 15 is 0 Å². The summed E-state index contributed by atoms with van der Waals surface area (Å²) in [5, 5.41) is 9.75. The molecule has 0 bridgehead atoms. The summed E-state index contributed by atoms with van der Waals surface area (Å²) in [5.74, 6) is 0.0518. The number of sulfonamides is 1. The quantitative estimate of drug-likeness (QED) is 0.788. The first-order valence-electron chi connectivity index (χ1n) is 6.49. The minimum absolute atomic E-state index is 0.00583. The predicted octanol–water partition coefficient (Wildman–Crippen LogP) is 1.15. The fraction of sp³-hybridized carbons (Fsp3) is 0.750. The summed E-state index contributed by atoms with van der Waals surface area (Å²) in [6.45, 7) is 7.72. The number of nitrogens with one attached hydrogen (secondary N) is 1. The zero-order valence-electron chi connectivity index (χ0n) is 11.9. The lowest BCUT2D eigenvalue weighted by Gasteiger charge is -2.17. The van der Waals surface area contributed by atoms with Crippen LogP contribution >= 0.6 is 0 Å². The summed E-state index contributed by atoms with van der Waals surface area (Å²) in [5.41, 5.74) is 0. The normalized spacial score (nSPS) is 15.7. The molecule has 1 rings (SSSR count). The molecule has 0 aliphatic rings. The molecule has 0 aliphatic heterocycles. The molecule has 19 heavy (non-hydrogen) atoms. The molecule has 7 heteroatoms. The van der Waals surface area contributed by atoms with E-state index < -0.39 is 16.1 Å². The highest BCUT2D eigenvalue weighted by molar-refractivity contribution is 7.89. The highest BCUT2D eigenvalue weighted by atomic mass is 32.2. The SMILES string of the molecule is CCC(C)C(O)CNS(=O)(=O)c1cn(C(C)C)cn1. The summed E-state index contributed by atoms with van der Waals surface area (Å²) in [7, 11) is -3.65. The average molecular weight is 289 g/mol. The van der Waals surface area contributed by atoms with Crippen molar-refractivity contribution in [1.82, 2.24) is 14.3 Å². The molecule has 0 fully saturated rings. The molecule has 0 saturated heterocycles. The summed E-state index contributed by atoms with van der Waals surface area (Å²) in [4.78, 5) is 3.88. The number of aromatic nitrogens is 2. The van der Waals surface area contributed by atoms with E-state index in [2.05, 4.69) is 9.71 Å². The lowest BCUT2D eigenvalue weighted by molar-refractivity contribution is 0.118. The van der Waals surface area contributed by atoms with E-state index in [1.807, 2.05) is 27.7 Å². The second-order valence-electron chi connectivity index (χ2n) is 5.06. The van der Waals surface area contributed by atoms with Gasteiger partial charge in [-0.25, -0.2) is 18.1 Å². The largest absolute Gasteiger partial charge is 0.391 e. The highest BCUT2D eigenvalue weighted by Gasteiger charge is 2.20. The molecule has 0 aromatic carbocycles. The van der Waals surface area contributed by atoms with E-state index in [9.17, 15) is 13.5 Å². The third-order valence-corrected chi connectivity index (χ3v) is 4.54. The smallest absolute Gasteiger partial charge is 0.259 e. The Morgan fingerprint density at radius 2 is 2.05 bits per heavy atom. The molecule has 1 heterocycles. The maximum atomic E-state index is 12.0. The van der Waals surface area contributed by atoms with Gasteiger partial charge in [0.1, 0.15) is 0 Å². The Morgan fingerprint density at radius 3 is 2.53 bits per heavy atom. The molecule has 0 amide bonds. The van der Waals surface area contributed by atoms with Gasteiger partial charge in [0.15, 0.2) is 5.03 Å². The minimum Gasteiger partial charge on any atom is -0.391 e. The molecular formula is C12H23N3O3S. The third-order valence-electron chi connectivity index (χ3n) is 3.23. The summed E-state index contributed by atoms with van der Waals surface area (Å²) in [6, 6.07) is 0.155. The van der Waals surface area contributed by atoms with Gasteiger partial charge in [-0.3, -0.25) is 0 Å². The molecule has 1 aromatic heterocycles. The van der Waals surface area contributed by atoms with Crippen LogP contribution < -0.4 is 4.72 Å². The van der Waals surface area contributed by atoms with E-state index in [4.69, 9.17) is 0 Å². The van der Waals surface area contributed by atoms with E-state index in [-0.39, 0.29) is 23.5 Å². The van der Waals surface area contributed by atoms with Crippen molar-refractivity contribution >= 4 is 10.0 Å². The van der Waals surface area contributed by atoms with Crippen molar-refractivity contribution in [2.24, 2.45) is 5.92 Å². The molecule has 0 aliphatic carbocycles. The van der Waals surface area contributed by atoms with Crippen molar-refractivity contribution in [3.63, 3.8) is 0 Å². The Balaban J connectivity index is 2.70. The van der Waals surface area contributed by atoms with Crippen molar-refractivity contribution in [2.45, 2.75) is 51.3 Å². The van der Waals surface area contributed by atoms with Crippen molar-refractivity contribution in [3.8, 4) is 0 Å². The Bertz CT molecular complexity index is 496. The molecule has 0 spiro atoms. The van der Waals surface area contributed by atoms with Gasteiger partial charge in [0.25, 0.3) is 10.0 Å². The number of hydrogen-bond acceptors (Lipinski definition) is 4. The molecule has 2 unspecified atom stereocenters. The summed E-state index contributed by atoms with van der Waals surface area (Å²) in [6.07, 6.45) is 3.09. The molecule has 0 saturated carbocycles. The first kappa shape index (κ1) is 16.1. The molecule has 0 radical (unpaired) electrons. The molecule has 2 N–H and O–H groups in total. The maximum absolute atomic E-state index is 12.0. The van der Waals surface area contributed by atoms with Gasteiger partial charge in [0.05, 0.1) is 12.4 Å². The lowest BCUT2D eigenvalue weighted by Crippen LogP contribution is -2.35. The van der Waals surface area contributed by atoms with Gasteiger partial charge in [0.2, 0.25) is 0 Å². The topological polar surface area (TPSA) is 84.2 Å². The van der Waals surface area contributed by atoms with Crippen LogP contribution in [0.3, 0.4) is 0 Å². The predicted molar refractivity (Wildman–Crippen MR) is 73.3 cm³/mol. The van der Waals surface area contributed by atoms with Crippen LogP contribution in [0.15, 0.2) is 17.6 Å². The van der Waals surface area contributed by atoms with Crippen molar-refractivity contribution in [1.29, 1.82) is 0 Å². The number of nitrogens with zero attached hydrogens (tertiary/aromatic N) is 2. The fourth-order valence-electron chi connectivity index (χ4n) is 1.48. The van der Waals surface area contributed by atoms with Gasteiger partial charge in [-0.2, -0.15) is 0 Å². The van der Waals surface area contributed by atoms with E-state index in [1.54, 1.807) is 4.57 Å². The van der Waals surface area contributed by atoms with Crippen LogP contribution in [-0.4, -0.2) is 35.7 Å². The maximum Gasteiger partial charge on any atom is 0.259 e. The van der Waals surface area contributed by atoms with E-state index in [1.165, 1.54) is 12.5 Å². The lowest BCUT2D eigenvalue weighted by atomic mass is 10.0. The van der Waals surface area contributed by atoms with Crippen molar-refractivity contribution in [3.05, 3.63) is 12.5 Å². The van der Waals surface area contributed by atoms with Crippen LogP contribution in [-0.2, 0) is 10.0 Å². The van der Waals surface area contributed by atoms with Crippen LogP contribution in [0, 0.1) is 5.92 Å². The zero-order valence-corrected chi connectivity index (χ0v) is 12.7. The van der Waals surface area contributed by atoms with Gasteiger partial charge >= 0.3 is 0 Å². The third kappa shape index (κ3) is 4.29.